The van der Waals surface area contributed by atoms with Crippen molar-refractivity contribution >= 4 is 5.91 Å². The molecule has 102 valence electrons. The van der Waals surface area contributed by atoms with E-state index in [0.29, 0.717) is 32.4 Å². The summed E-state index contributed by atoms with van der Waals surface area (Å²) in [6, 6.07) is 8.16. The summed E-state index contributed by atoms with van der Waals surface area (Å²) in [5.74, 6) is -0.236. The van der Waals surface area contributed by atoms with Crippen LogP contribution < -0.4 is 4.74 Å². The molecule has 0 saturated heterocycles. The number of hydrogen-bond donors (Lipinski definition) is 0. The molecule has 1 amide bonds. The predicted octanol–water partition coefficient (Wildman–Crippen LogP) is 2.36. The lowest BCUT2D eigenvalue weighted by Gasteiger charge is -2.15. The van der Waals surface area contributed by atoms with Gasteiger partial charge in [0.15, 0.2) is 11.6 Å². The standard InChI is InChI=1S/C14H17FN2O2/c1-17(10-5-9-16)14(18)8-4-11-19-13-7-3-2-6-12(13)15/h2-3,6-7H,4-5,8,10-11H2,1H3. The van der Waals surface area contributed by atoms with Crippen LogP contribution in [-0.2, 0) is 4.79 Å². The van der Waals surface area contributed by atoms with Gasteiger partial charge in [0.1, 0.15) is 0 Å². The quantitative estimate of drug-likeness (QED) is 0.710. The molecular weight excluding hydrogens is 247 g/mol. The Morgan fingerprint density at radius 3 is 2.89 bits per heavy atom. The van der Waals surface area contributed by atoms with Crippen molar-refractivity contribution in [2.45, 2.75) is 19.3 Å². The molecule has 19 heavy (non-hydrogen) atoms. The number of carbonyl (C=O) groups is 1. The smallest absolute Gasteiger partial charge is 0.222 e. The number of para-hydroxylation sites is 1. The van der Waals surface area contributed by atoms with Crippen LogP contribution in [-0.4, -0.2) is 31.0 Å². The molecule has 0 radical (unpaired) electrons. The van der Waals surface area contributed by atoms with Crippen molar-refractivity contribution in [3.05, 3.63) is 30.1 Å². The van der Waals surface area contributed by atoms with E-state index in [-0.39, 0.29) is 11.7 Å². The van der Waals surface area contributed by atoms with Gasteiger partial charge in [-0.15, -0.1) is 0 Å². The van der Waals surface area contributed by atoms with Crippen LogP contribution in [0, 0.1) is 17.1 Å². The number of rotatable bonds is 7. The minimum absolute atomic E-state index is 0.0348. The number of ether oxygens (including phenoxy) is 1. The summed E-state index contributed by atoms with van der Waals surface area (Å²) in [6.07, 6.45) is 1.18. The van der Waals surface area contributed by atoms with E-state index in [4.69, 9.17) is 10.00 Å². The van der Waals surface area contributed by atoms with Gasteiger partial charge in [0, 0.05) is 20.0 Å². The van der Waals surface area contributed by atoms with Crippen molar-refractivity contribution in [1.29, 1.82) is 5.26 Å². The monoisotopic (exact) mass is 264 g/mol. The molecule has 0 aromatic heterocycles. The molecule has 0 atom stereocenters. The first-order valence-corrected chi connectivity index (χ1v) is 6.13. The molecule has 1 aromatic carbocycles. The summed E-state index contributed by atoms with van der Waals surface area (Å²) in [4.78, 5) is 13.1. The molecular formula is C14H17FN2O2. The first-order chi connectivity index (χ1) is 9.15. The first-order valence-electron chi connectivity index (χ1n) is 6.13. The van der Waals surface area contributed by atoms with Gasteiger partial charge in [-0.3, -0.25) is 4.79 Å². The van der Waals surface area contributed by atoms with E-state index in [9.17, 15) is 9.18 Å². The molecule has 5 heteroatoms. The van der Waals surface area contributed by atoms with Crippen molar-refractivity contribution in [2.75, 3.05) is 20.2 Å². The molecule has 4 nitrogen and oxygen atoms in total. The minimum atomic E-state index is -0.403. The second-order valence-corrected chi connectivity index (χ2v) is 4.11. The summed E-state index contributed by atoms with van der Waals surface area (Å²) < 4.78 is 18.5. The minimum Gasteiger partial charge on any atom is -0.491 e. The Morgan fingerprint density at radius 1 is 1.47 bits per heavy atom. The van der Waals surface area contributed by atoms with Crippen molar-refractivity contribution in [1.82, 2.24) is 4.90 Å². The molecule has 0 fully saturated rings. The third kappa shape index (κ3) is 5.38. The van der Waals surface area contributed by atoms with E-state index in [1.807, 2.05) is 6.07 Å². The Morgan fingerprint density at radius 2 is 2.21 bits per heavy atom. The fraction of sp³-hybridized carbons (Fsp3) is 0.429. The van der Waals surface area contributed by atoms with Crippen LogP contribution in [0.4, 0.5) is 4.39 Å². The highest BCUT2D eigenvalue weighted by Crippen LogP contribution is 2.15. The lowest BCUT2D eigenvalue weighted by atomic mass is 10.3. The average Bonchev–Trinajstić information content (AvgIpc) is 2.42. The number of nitrogens with zero attached hydrogens (tertiary/aromatic N) is 2. The predicted molar refractivity (Wildman–Crippen MR) is 69.0 cm³/mol. The van der Waals surface area contributed by atoms with Gasteiger partial charge in [-0.25, -0.2) is 4.39 Å². The second-order valence-electron chi connectivity index (χ2n) is 4.11. The summed E-state index contributed by atoms with van der Waals surface area (Å²) in [7, 11) is 1.66. The van der Waals surface area contributed by atoms with E-state index in [0.717, 1.165) is 0 Å². The normalized spacial score (nSPS) is 9.74. The van der Waals surface area contributed by atoms with Gasteiger partial charge < -0.3 is 9.64 Å². The van der Waals surface area contributed by atoms with Gasteiger partial charge in [-0.2, -0.15) is 5.26 Å². The van der Waals surface area contributed by atoms with Gasteiger partial charge >= 0.3 is 0 Å². The van der Waals surface area contributed by atoms with E-state index in [1.165, 1.54) is 11.0 Å². The fourth-order valence-electron chi connectivity index (χ4n) is 1.50. The van der Waals surface area contributed by atoms with Crippen LogP contribution in [0.5, 0.6) is 5.75 Å². The summed E-state index contributed by atoms with van der Waals surface area (Å²) >= 11 is 0. The van der Waals surface area contributed by atoms with Crippen LogP contribution in [0.1, 0.15) is 19.3 Å². The Hall–Kier alpha value is -2.09. The Labute approximate surface area is 112 Å². The zero-order valence-electron chi connectivity index (χ0n) is 10.9. The number of hydrogen-bond acceptors (Lipinski definition) is 3. The van der Waals surface area contributed by atoms with E-state index in [2.05, 4.69) is 0 Å². The SMILES string of the molecule is CN(CCC#N)C(=O)CCCOc1ccccc1F. The summed E-state index contributed by atoms with van der Waals surface area (Å²) in [5, 5.41) is 8.42. The molecule has 0 aliphatic rings. The Balaban J connectivity index is 2.22. The average molecular weight is 264 g/mol. The van der Waals surface area contributed by atoms with Crippen LogP contribution in [0.15, 0.2) is 24.3 Å². The molecule has 0 unspecified atom stereocenters. The Bertz CT molecular complexity index is 457. The lowest BCUT2D eigenvalue weighted by Crippen LogP contribution is -2.27. The topological polar surface area (TPSA) is 53.3 Å². The molecule has 1 aromatic rings. The van der Waals surface area contributed by atoms with Gasteiger partial charge in [0.05, 0.1) is 19.1 Å². The van der Waals surface area contributed by atoms with Gasteiger partial charge in [-0.1, -0.05) is 12.1 Å². The molecule has 0 saturated carbocycles. The van der Waals surface area contributed by atoms with E-state index < -0.39 is 5.82 Å². The third-order valence-corrected chi connectivity index (χ3v) is 2.61. The molecule has 0 aliphatic heterocycles. The zero-order valence-corrected chi connectivity index (χ0v) is 10.9. The van der Waals surface area contributed by atoms with Crippen LogP contribution in [0.2, 0.25) is 0 Å². The van der Waals surface area contributed by atoms with Crippen LogP contribution in [0.25, 0.3) is 0 Å². The lowest BCUT2D eigenvalue weighted by molar-refractivity contribution is -0.130. The molecule has 0 aliphatic carbocycles. The van der Waals surface area contributed by atoms with Gasteiger partial charge in [0.25, 0.3) is 0 Å². The number of nitriles is 1. The van der Waals surface area contributed by atoms with Crippen molar-refractivity contribution in [3.63, 3.8) is 0 Å². The fourth-order valence-corrected chi connectivity index (χ4v) is 1.50. The van der Waals surface area contributed by atoms with Crippen molar-refractivity contribution in [3.8, 4) is 11.8 Å². The summed E-state index contributed by atoms with van der Waals surface area (Å²) in [6.45, 7) is 0.724. The van der Waals surface area contributed by atoms with Crippen molar-refractivity contribution in [2.24, 2.45) is 0 Å². The molecule has 0 N–H and O–H groups in total. The number of amides is 1. The van der Waals surface area contributed by atoms with Crippen LogP contribution in [0.3, 0.4) is 0 Å². The number of halogens is 1. The molecule has 1 rings (SSSR count). The molecule has 0 spiro atoms. The zero-order chi connectivity index (χ0) is 14.1. The third-order valence-electron chi connectivity index (χ3n) is 2.61. The van der Waals surface area contributed by atoms with Crippen LogP contribution >= 0.6 is 0 Å². The van der Waals surface area contributed by atoms with Gasteiger partial charge in [-0.05, 0) is 18.6 Å². The highest BCUT2D eigenvalue weighted by atomic mass is 19.1. The van der Waals surface area contributed by atoms with E-state index in [1.54, 1.807) is 25.2 Å². The second kappa shape index (κ2) is 8.09. The molecule has 0 bridgehead atoms. The van der Waals surface area contributed by atoms with E-state index >= 15 is 0 Å². The highest BCUT2D eigenvalue weighted by molar-refractivity contribution is 5.75. The van der Waals surface area contributed by atoms with Gasteiger partial charge in [0.2, 0.25) is 5.91 Å². The number of benzene rings is 1. The van der Waals surface area contributed by atoms with Crippen molar-refractivity contribution < 1.29 is 13.9 Å². The summed E-state index contributed by atoms with van der Waals surface area (Å²) in [5.41, 5.74) is 0. The number of carbonyl (C=O) groups excluding carboxylic acids is 1. The maximum absolute atomic E-state index is 13.2. The largest absolute Gasteiger partial charge is 0.491 e. The first kappa shape index (κ1) is 15.0. The Kier molecular flexibility index (Phi) is 6.37. The maximum Gasteiger partial charge on any atom is 0.222 e. The molecule has 0 heterocycles. The maximum atomic E-state index is 13.2. The highest BCUT2D eigenvalue weighted by Gasteiger charge is 2.08.